The van der Waals surface area contributed by atoms with E-state index in [4.69, 9.17) is 4.74 Å². The van der Waals surface area contributed by atoms with Gasteiger partial charge in [-0.3, -0.25) is 0 Å². The van der Waals surface area contributed by atoms with Gasteiger partial charge in [-0.1, -0.05) is 0 Å². The predicted octanol–water partition coefficient (Wildman–Crippen LogP) is 1.82. The number of nitrogens with zero attached hydrogens (tertiary/aromatic N) is 2. The lowest BCUT2D eigenvalue weighted by atomic mass is 10.0. The number of carbonyl (C=O) groups excluding carboxylic acids is 1. The SMILES string of the molecule is CC(C)(C)OC(=O)n1cnc(CC2CCNC2)c1. The molecule has 5 nitrogen and oxygen atoms in total. The van der Waals surface area contributed by atoms with Gasteiger partial charge in [0, 0.05) is 6.20 Å². The van der Waals surface area contributed by atoms with Crippen molar-refractivity contribution in [3.8, 4) is 0 Å². The molecule has 0 radical (unpaired) electrons. The molecule has 5 heteroatoms. The Kier molecular flexibility index (Phi) is 3.71. The fourth-order valence-corrected chi connectivity index (χ4v) is 2.07. The van der Waals surface area contributed by atoms with Gasteiger partial charge in [0.1, 0.15) is 11.9 Å². The number of ether oxygens (including phenoxy) is 1. The number of hydrogen-bond donors (Lipinski definition) is 1. The minimum absolute atomic E-state index is 0.370. The van der Waals surface area contributed by atoms with Crippen molar-refractivity contribution < 1.29 is 9.53 Å². The maximum absolute atomic E-state index is 11.8. The van der Waals surface area contributed by atoms with E-state index in [0.29, 0.717) is 5.92 Å². The molecular weight excluding hydrogens is 230 g/mol. The smallest absolute Gasteiger partial charge is 0.419 e. The Balaban J connectivity index is 1.94. The van der Waals surface area contributed by atoms with E-state index in [1.807, 2.05) is 20.8 Å². The molecule has 1 aromatic heterocycles. The zero-order valence-corrected chi connectivity index (χ0v) is 11.3. The van der Waals surface area contributed by atoms with E-state index in [1.54, 1.807) is 6.20 Å². The van der Waals surface area contributed by atoms with Crippen LogP contribution in [0.15, 0.2) is 12.5 Å². The summed E-state index contributed by atoms with van der Waals surface area (Å²) in [6.07, 6.45) is 5.03. The van der Waals surface area contributed by atoms with E-state index < -0.39 is 5.60 Å². The maximum Gasteiger partial charge on any atom is 0.419 e. The van der Waals surface area contributed by atoms with Gasteiger partial charge in [0.2, 0.25) is 0 Å². The molecule has 0 aliphatic carbocycles. The van der Waals surface area contributed by atoms with Crippen LogP contribution in [0, 0.1) is 5.92 Å². The van der Waals surface area contributed by atoms with Crippen LogP contribution in [-0.2, 0) is 11.2 Å². The van der Waals surface area contributed by atoms with E-state index in [0.717, 1.165) is 25.2 Å². The summed E-state index contributed by atoms with van der Waals surface area (Å²) in [6, 6.07) is 0. The highest BCUT2D eigenvalue weighted by molar-refractivity contribution is 5.70. The molecule has 2 rings (SSSR count). The summed E-state index contributed by atoms with van der Waals surface area (Å²) in [4.78, 5) is 16.1. The summed E-state index contributed by atoms with van der Waals surface area (Å²) >= 11 is 0. The molecule has 1 aromatic rings. The van der Waals surface area contributed by atoms with Crippen molar-refractivity contribution in [2.45, 2.75) is 39.2 Å². The molecule has 1 aliphatic rings. The summed E-state index contributed by atoms with van der Waals surface area (Å²) in [6.45, 7) is 7.68. The van der Waals surface area contributed by atoms with Crippen molar-refractivity contribution in [3.05, 3.63) is 18.2 Å². The summed E-state index contributed by atoms with van der Waals surface area (Å²) in [5, 5.41) is 3.33. The third-order valence-corrected chi connectivity index (χ3v) is 2.90. The third kappa shape index (κ3) is 3.57. The van der Waals surface area contributed by atoms with Crippen LogP contribution in [0.3, 0.4) is 0 Å². The van der Waals surface area contributed by atoms with Gasteiger partial charge in [-0.05, 0) is 52.6 Å². The fourth-order valence-electron chi connectivity index (χ4n) is 2.07. The van der Waals surface area contributed by atoms with Crippen LogP contribution in [0.2, 0.25) is 0 Å². The first-order chi connectivity index (χ1) is 8.44. The molecule has 1 N–H and O–H groups in total. The second-order valence-corrected chi connectivity index (χ2v) is 5.82. The van der Waals surface area contributed by atoms with Crippen LogP contribution in [0.25, 0.3) is 0 Å². The summed E-state index contributed by atoms with van der Waals surface area (Å²) in [5.74, 6) is 0.631. The molecule has 1 fully saturated rings. The Bertz CT molecular complexity index is 414. The minimum Gasteiger partial charge on any atom is -0.443 e. The van der Waals surface area contributed by atoms with Crippen LogP contribution in [-0.4, -0.2) is 34.3 Å². The highest BCUT2D eigenvalue weighted by Gasteiger charge is 2.20. The maximum atomic E-state index is 11.8. The van der Waals surface area contributed by atoms with Crippen molar-refractivity contribution in [2.75, 3.05) is 13.1 Å². The molecule has 0 amide bonds. The van der Waals surface area contributed by atoms with Crippen LogP contribution >= 0.6 is 0 Å². The van der Waals surface area contributed by atoms with Gasteiger partial charge >= 0.3 is 6.09 Å². The number of hydrogen-bond acceptors (Lipinski definition) is 4. The number of aromatic nitrogens is 2. The Morgan fingerprint density at radius 3 is 3.00 bits per heavy atom. The minimum atomic E-state index is -0.475. The summed E-state index contributed by atoms with van der Waals surface area (Å²) in [5.41, 5.74) is 0.478. The van der Waals surface area contributed by atoms with Crippen molar-refractivity contribution in [3.63, 3.8) is 0 Å². The van der Waals surface area contributed by atoms with Crippen LogP contribution < -0.4 is 5.32 Å². The Labute approximate surface area is 108 Å². The van der Waals surface area contributed by atoms with Crippen molar-refractivity contribution >= 4 is 6.09 Å². The number of imidazole rings is 1. The van der Waals surface area contributed by atoms with Gasteiger partial charge < -0.3 is 10.1 Å². The lowest BCUT2D eigenvalue weighted by Gasteiger charge is -2.19. The van der Waals surface area contributed by atoms with E-state index in [-0.39, 0.29) is 6.09 Å². The number of carbonyl (C=O) groups is 1. The first kappa shape index (κ1) is 13.1. The third-order valence-electron chi connectivity index (χ3n) is 2.90. The Hall–Kier alpha value is -1.36. The van der Waals surface area contributed by atoms with E-state index in [2.05, 4.69) is 10.3 Å². The van der Waals surface area contributed by atoms with Crippen molar-refractivity contribution in [2.24, 2.45) is 5.92 Å². The molecular formula is C13H21N3O2. The molecule has 100 valence electrons. The van der Waals surface area contributed by atoms with E-state index in [1.165, 1.54) is 17.3 Å². The van der Waals surface area contributed by atoms with Gasteiger partial charge in [0.25, 0.3) is 0 Å². The van der Waals surface area contributed by atoms with Crippen LogP contribution in [0.5, 0.6) is 0 Å². The quantitative estimate of drug-likeness (QED) is 0.871. The monoisotopic (exact) mass is 251 g/mol. The zero-order chi connectivity index (χ0) is 13.2. The summed E-state index contributed by atoms with van der Waals surface area (Å²) in [7, 11) is 0. The van der Waals surface area contributed by atoms with Gasteiger partial charge in [0.05, 0.1) is 5.69 Å². The van der Waals surface area contributed by atoms with Gasteiger partial charge in [-0.2, -0.15) is 0 Å². The zero-order valence-electron chi connectivity index (χ0n) is 11.3. The first-order valence-electron chi connectivity index (χ1n) is 6.41. The molecule has 1 saturated heterocycles. The highest BCUT2D eigenvalue weighted by atomic mass is 16.6. The second kappa shape index (κ2) is 5.10. The second-order valence-electron chi connectivity index (χ2n) is 5.82. The summed E-state index contributed by atoms with van der Waals surface area (Å²) < 4.78 is 6.70. The van der Waals surface area contributed by atoms with E-state index >= 15 is 0 Å². The normalized spacial score (nSPS) is 20.1. The average Bonchev–Trinajstić information content (AvgIpc) is 2.86. The Morgan fingerprint density at radius 1 is 1.61 bits per heavy atom. The van der Waals surface area contributed by atoms with Crippen molar-refractivity contribution in [1.29, 1.82) is 0 Å². The highest BCUT2D eigenvalue weighted by Crippen LogP contribution is 2.14. The molecule has 2 heterocycles. The average molecular weight is 251 g/mol. The topological polar surface area (TPSA) is 56.2 Å². The predicted molar refractivity (Wildman–Crippen MR) is 68.5 cm³/mol. The molecule has 1 atom stereocenters. The van der Waals surface area contributed by atoms with Gasteiger partial charge in [-0.15, -0.1) is 0 Å². The standard InChI is InChI=1S/C13H21N3O2/c1-13(2,3)18-12(17)16-8-11(15-9-16)6-10-4-5-14-7-10/h8-10,14H,4-7H2,1-3H3. The molecule has 0 saturated carbocycles. The molecule has 18 heavy (non-hydrogen) atoms. The molecule has 1 unspecified atom stereocenters. The Morgan fingerprint density at radius 2 is 2.39 bits per heavy atom. The van der Waals surface area contributed by atoms with E-state index in [9.17, 15) is 4.79 Å². The lowest BCUT2D eigenvalue weighted by molar-refractivity contribution is 0.0536. The molecule has 0 bridgehead atoms. The van der Waals surface area contributed by atoms with Gasteiger partial charge in [-0.25, -0.2) is 14.3 Å². The molecule has 0 aromatic carbocycles. The fraction of sp³-hybridized carbons (Fsp3) is 0.692. The van der Waals surface area contributed by atoms with Crippen LogP contribution in [0.4, 0.5) is 4.79 Å². The molecule has 1 aliphatic heterocycles. The molecule has 0 spiro atoms. The van der Waals surface area contributed by atoms with Crippen molar-refractivity contribution in [1.82, 2.24) is 14.9 Å². The number of rotatable bonds is 2. The first-order valence-corrected chi connectivity index (χ1v) is 6.41. The largest absolute Gasteiger partial charge is 0.443 e. The van der Waals surface area contributed by atoms with Gasteiger partial charge in [0.15, 0.2) is 0 Å². The number of nitrogens with one attached hydrogen (secondary N) is 1. The van der Waals surface area contributed by atoms with Crippen LogP contribution in [0.1, 0.15) is 32.9 Å². The lowest BCUT2D eigenvalue weighted by Crippen LogP contribution is -2.26.